The first-order valence-corrected chi connectivity index (χ1v) is 11.5. The van der Waals surface area contributed by atoms with E-state index in [-0.39, 0.29) is 17.3 Å². The predicted molar refractivity (Wildman–Crippen MR) is 121 cm³/mol. The minimum atomic E-state index is -3.64. The lowest BCUT2D eigenvalue weighted by Gasteiger charge is -2.14. The van der Waals surface area contributed by atoms with Crippen LogP contribution in [0.4, 0.5) is 0 Å². The van der Waals surface area contributed by atoms with Gasteiger partial charge in [-0.3, -0.25) is 4.79 Å². The molecule has 0 radical (unpaired) electrons. The molecule has 1 aromatic heterocycles. The van der Waals surface area contributed by atoms with Gasteiger partial charge in [0.15, 0.2) is 0 Å². The van der Waals surface area contributed by atoms with E-state index in [0.29, 0.717) is 12.3 Å². The number of hydrogen-bond acceptors (Lipinski definition) is 4. The largest absolute Gasteiger partial charge is 0.468 e. The molecule has 162 valence electrons. The fourth-order valence-corrected chi connectivity index (χ4v) is 3.98. The molecule has 0 saturated heterocycles. The maximum absolute atomic E-state index is 12.4. The summed E-state index contributed by atoms with van der Waals surface area (Å²) in [5.74, 6) is 0.444. The first-order chi connectivity index (χ1) is 14.9. The lowest BCUT2D eigenvalue weighted by molar-refractivity contribution is -0.124. The molecule has 1 N–H and O–H groups in total. The summed E-state index contributed by atoms with van der Waals surface area (Å²) in [7, 11) is -1.86. The molecule has 0 saturated carbocycles. The summed E-state index contributed by atoms with van der Waals surface area (Å²) in [4.78, 5) is 14.1. The highest BCUT2D eigenvalue weighted by Crippen LogP contribution is 2.13. The van der Waals surface area contributed by atoms with E-state index in [1.807, 2.05) is 18.2 Å². The standard InChI is InChI=1S/C24H26N2O4S/c1-26(17-5-9-20-7-3-2-4-8-20)24(27)16-13-21-11-14-23(15-12-21)31(28,29)25-19-22-10-6-18-30-22/h2-4,6-8,10-16,18,25H,5,9,17,19H2,1H3/b16-13+. The van der Waals surface area contributed by atoms with Crippen LogP contribution in [0.3, 0.4) is 0 Å². The smallest absolute Gasteiger partial charge is 0.246 e. The molecule has 0 unspecified atom stereocenters. The van der Waals surface area contributed by atoms with E-state index in [1.165, 1.54) is 30.0 Å². The summed E-state index contributed by atoms with van der Waals surface area (Å²) < 4.78 is 32.4. The minimum Gasteiger partial charge on any atom is -0.468 e. The first-order valence-electron chi connectivity index (χ1n) is 10.0. The summed E-state index contributed by atoms with van der Waals surface area (Å²) in [6.45, 7) is 0.749. The van der Waals surface area contributed by atoms with Crippen LogP contribution in [0.25, 0.3) is 6.08 Å². The van der Waals surface area contributed by atoms with Gasteiger partial charge in [-0.25, -0.2) is 13.1 Å². The molecule has 0 aliphatic carbocycles. The number of sulfonamides is 1. The molecule has 31 heavy (non-hydrogen) atoms. The minimum absolute atomic E-state index is 0.0854. The molecule has 0 atom stereocenters. The van der Waals surface area contributed by atoms with E-state index in [0.717, 1.165) is 18.4 Å². The van der Waals surface area contributed by atoms with Crippen LogP contribution in [0.2, 0.25) is 0 Å². The second kappa shape index (κ2) is 10.7. The van der Waals surface area contributed by atoms with Gasteiger partial charge < -0.3 is 9.32 Å². The van der Waals surface area contributed by atoms with Crippen LogP contribution in [0.1, 0.15) is 23.3 Å². The second-order valence-electron chi connectivity index (χ2n) is 7.16. The van der Waals surface area contributed by atoms with Gasteiger partial charge in [-0.2, -0.15) is 0 Å². The fraction of sp³-hybridized carbons (Fsp3) is 0.208. The monoisotopic (exact) mass is 438 g/mol. The number of hydrogen-bond donors (Lipinski definition) is 1. The van der Waals surface area contributed by atoms with E-state index >= 15 is 0 Å². The SMILES string of the molecule is CN(CCCc1ccccc1)C(=O)/C=C/c1ccc(S(=O)(=O)NCc2ccco2)cc1. The van der Waals surface area contributed by atoms with Crippen molar-refractivity contribution in [1.82, 2.24) is 9.62 Å². The van der Waals surface area contributed by atoms with Gasteiger partial charge in [0.1, 0.15) is 5.76 Å². The van der Waals surface area contributed by atoms with Gasteiger partial charge in [-0.15, -0.1) is 0 Å². The third kappa shape index (κ3) is 6.94. The number of amides is 1. The Morgan fingerprint density at radius 1 is 1.03 bits per heavy atom. The van der Waals surface area contributed by atoms with E-state index in [4.69, 9.17) is 4.42 Å². The zero-order valence-electron chi connectivity index (χ0n) is 17.4. The number of benzene rings is 2. The molecule has 7 heteroatoms. The van der Waals surface area contributed by atoms with Gasteiger partial charge in [0.25, 0.3) is 0 Å². The molecule has 1 heterocycles. The van der Waals surface area contributed by atoms with Crippen LogP contribution in [0.5, 0.6) is 0 Å². The third-order valence-electron chi connectivity index (χ3n) is 4.80. The Hall–Kier alpha value is -3.16. The molecule has 1 amide bonds. The lowest BCUT2D eigenvalue weighted by Crippen LogP contribution is -2.26. The normalized spacial score (nSPS) is 11.6. The molecule has 0 fully saturated rings. The van der Waals surface area contributed by atoms with Gasteiger partial charge in [0.05, 0.1) is 17.7 Å². The quantitative estimate of drug-likeness (QED) is 0.488. The number of carbonyl (C=O) groups excluding carboxylic acids is 1. The van der Waals surface area contributed by atoms with Crippen molar-refractivity contribution in [3.63, 3.8) is 0 Å². The van der Waals surface area contributed by atoms with Crippen molar-refractivity contribution >= 4 is 22.0 Å². The fourth-order valence-electron chi connectivity index (χ4n) is 2.99. The number of nitrogens with one attached hydrogen (secondary N) is 1. The number of nitrogens with zero attached hydrogens (tertiary/aromatic N) is 1. The Balaban J connectivity index is 1.49. The molecule has 3 aromatic rings. The van der Waals surface area contributed by atoms with E-state index in [9.17, 15) is 13.2 Å². The van der Waals surface area contributed by atoms with Gasteiger partial charge in [-0.1, -0.05) is 42.5 Å². The molecule has 6 nitrogen and oxygen atoms in total. The van der Waals surface area contributed by atoms with E-state index < -0.39 is 10.0 Å². The molecule has 0 aliphatic heterocycles. The van der Waals surface area contributed by atoms with Crippen LogP contribution in [-0.2, 0) is 27.8 Å². The average Bonchev–Trinajstić information content (AvgIpc) is 3.31. The first kappa shape index (κ1) is 22.5. The highest BCUT2D eigenvalue weighted by molar-refractivity contribution is 7.89. The van der Waals surface area contributed by atoms with Crippen molar-refractivity contribution in [2.24, 2.45) is 0 Å². The lowest BCUT2D eigenvalue weighted by atomic mass is 10.1. The molecule has 2 aromatic carbocycles. The Morgan fingerprint density at radius 3 is 2.45 bits per heavy atom. The molecular weight excluding hydrogens is 412 g/mol. The van der Waals surface area contributed by atoms with Gasteiger partial charge in [0, 0.05) is 19.7 Å². The average molecular weight is 439 g/mol. The highest BCUT2D eigenvalue weighted by atomic mass is 32.2. The molecular formula is C24H26N2O4S. The van der Waals surface area contributed by atoms with Crippen LogP contribution in [0, 0.1) is 0 Å². The van der Waals surface area contributed by atoms with Crippen molar-refractivity contribution < 1.29 is 17.6 Å². The third-order valence-corrected chi connectivity index (χ3v) is 6.22. The number of aryl methyl sites for hydroxylation is 1. The Morgan fingerprint density at radius 2 is 1.77 bits per heavy atom. The molecule has 0 spiro atoms. The summed E-state index contributed by atoms with van der Waals surface area (Å²) >= 11 is 0. The van der Waals surface area contributed by atoms with Crippen LogP contribution >= 0.6 is 0 Å². The van der Waals surface area contributed by atoms with Crippen LogP contribution < -0.4 is 4.72 Å². The maximum Gasteiger partial charge on any atom is 0.246 e. The zero-order valence-corrected chi connectivity index (χ0v) is 18.2. The molecule has 0 aliphatic rings. The van der Waals surface area contributed by atoms with Crippen LogP contribution in [0.15, 0.2) is 88.4 Å². The van der Waals surface area contributed by atoms with Crippen LogP contribution in [-0.4, -0.2) is 32.8 Å². The highest BCUT2D eigenvalue weighted by Gasteiger charge is 2.14. The predicted octanol–water partition coefficient (Wildman–Crippen LogP) is 3.86. The van der Waals surface area contributed by atoms with Crippen molar-refractivity contribution in [1.29, 1.82) is 0 Å². The second-order valence-corrected chi connectivity index (χ2v) is 8.92. The van der Waals surface area contributed by atoms with Crippen molar-refractivity contribution in [3.8, 4) is 0 Å². The Bertz CT molecular complexity index is 1090. The summed E-state index contributed by atoms with van der Waals surface area (Å²) in [5.41, 5.74) is 2.00. The molecule has 3 rings (SSSR count). The summed E-state index contributed by atoms with van der Waals surface area (Å²) in [6, 6.07) is 19.9. The van der Waals surface area contributed by atoms with E-state index in [1.54, 1.807) is 42.3 Å². The van der Waals surface area contributed by atoms with Crippen molar-refractivity contribution in [3.05, 3.63) is 96.0 Å². The Kier molecular flexibility index (Phi) is 7.81. The number of likely N-dealkylation sites (N-methyl/N-ethyl adjacent to an activating group) is 1. The number of rotatable bonds is 10. The van der Waals surface area contributed by atoms with Crippen molar-refractivity contribution in [2.45, 2.75) is 24.3 Å². The summed E-state index contributed by atoms with van der Waals surface area (Å²) in [5, 5.41) is 0. The molecule has 0 bridgehead atoms. The Labute approximate surface area is 183 Å². The summed E-state index contributed by atoms with van der Waals surface area (Å²) in [6.07, 6.45) is 6.49. The van der Waals surface area contributed by atoms with Crippen molar-refractivity contribution in [2.75, 3.05) is 13.6 Å². The topological polar surface area (TPSA) is 79.6 Å². The number of carbonyl (C=O) groups is 1. The van der Waals surface area contributed by atoms with Gasteiger partial charge in [-0.05, 0) is 54.3 Å². The van der Waals surface area contributed by atoms with E-state index in [2.05, 4.69) is 16.9 Å². The maximum atomic E-state index is 12.4. The van der Waals surface area contributed by atoms with Gasteiger partial charge in [0.2, 0.25) is 15.9 Å². The zero-order chi connectivity index (χ0) is 22.1. The van der Waals surface area contributed by atoms with Gasteiger partial charge >= 0.3 is 0 Å². The number of furan rings is 1.